The summed E-state index contributed by atoms with van der Waals surface area (Å²) in [5, 5.41) is -4.83. The molecule has 2 fully saturated rings. The summed E-state index contributed by atoms with van der Waals surface area (Å²) >= 11 is 0. The normalized spacial score (nSPS) is 20.6. The molecule has 0 aromatic heterocycles. The summed E-state index contributed by atoms with van der Waals surface area (Å²) in [6.45, 7) is 0. The highest BCUT2D eigenvalue weighted by Gasteiger charge is 2.53. The van der Waals surface area contributed by atoms with Gasteiger partial charge >= 0.3 is 15.4 Å². The summed E-state index contributed by atoms with van der Waals surface area (Å²) in [7, 11) is -5.81. The highest BCUT2D eigenvalue weighted by atomic mass is 32.2. The Labute approximate surface area is 159 Å². The molecule has 0 heterocycles. The third-order valence-corrected chi connectivity index (χ3v) is 6.86. The predicted molar refractivity (Wildman–Crippen MR) is 98.9 cm³/mol. The summed E-state index contributed by atoms with van der Waals surface area (Å²) in [4.78, 5) is 12.4. The van der Waals surface area contributed by atoms with E-state index in [0.29, 0.717) is 11.5 Å². The highest BCUT2D eigenvalue weighted by molar-refractivity contribution is 7.87. The maximum Gasteiger partial charge on any atom is 0.431 e. The van der Waals surface area contributed by atoms with Gasteiger partial charge < -0.3 is 0 Å². The third-order valence-electron chi connectivity index (χ3n) is 6.03. The zero-order chi connectivity index (χ0) is 19.7. The molecule has 3 rings (SSSR count). The maximum atomic E-state index is 14.0. The molecule has 1 aromatic carbocycles. The van der Waals surface area contributed by atoms with Crippen LogP contribution in [0.25, 0.3) is 0 Å². The molecule has 27 heavy (non-hydrogen) atoms. The molecular formula is C20H26F2O4S. The van der Waals surface area contributed by atoms with E-state index in [0.717, 1.165) is 63.4 Å². The smallest absolute Gasteiger partial charge is 0.286 e. The molecule has 1 aromatic rings. The maximum absolute atomic E-state index is 14.0. The number of Topliss-reactive ketones (excluding diaryl/α,β-unsaturated/α-hetero) is 1. The van der Waals surface area contributed by atoms with Crippen LogP contribution in [0.15, 0.2) is 18.2 Å². The van der Waals surface area contributed by atoms with Gasteiger partial charge in [0.1, 0.15) is 0 Å². The van der Waals surface area contributed by atoms with E-state index in [-0.39, 0.29) is 11.5 Å². The lowest BCUT2D eigenvalue weighted by Crippen LogP contribution is -2.38. The van der Waals surface area contributed by atoms with Crippen LogP contribution >= 0.6 is 0 Å². The minimum Gasteiger partial charge on any atom is -0.286 e. The fourth-order valence-corrected chi connectivity index (χ4v) is 4.85. The lowest BCUT2D eigenvalue weighted by molar-refractivity contribution is 0.0490. The highest BCUT2D eigenvalue weighted by Crippen LogP contribution is 2.40. The van der Waals surface area contributed by atoms with Crippen LogP contribution in [0, 0.1) is 0 Å². The Hall–Kier alpha value is -1.34. The third kappa shape index (κ3) is 4.24. The Kier molecular flexibility index (Phi) is 6.01. The second-order valence-corrected chi connectivity index (χ2v) is 9.30. The summed E-state index contributed by atoms with van der Waals surface area (Å²) in [5.41, 5.74) is 1.29. The largest absolute Gasteiger partial charge is 0.431 e. The predicted octanol–water partition coefficient (Wildman–Crippen LogP) is 5.45. The molecule has 4 nitrogen and oxygen atoms in total. The molecule has 150 valence electrons. The molecule has 1 N–H and O–H groups in total. The summed E-state index contributed by atoms with van der Waals surface area (Å²) in [6.07, 6.45) is 10.1. The van der Waals surface area contributed by atoms with Crippen LogP contribution in [0.4, 0.5) is 8.78 Å². The summed E-state index contributed by atoms with van der Waals surface area (Å²) in [5.74, 6) is -1.51. The number of carbonyl (C=O) groups is 1. The van der Waals surface area contributed by atoms with Crippen molar-refractivity contribution in [1.29, 1.82) is 0 Å². The monoisotopic (exact) mass is 400 g/mol. The molecule has 0 saturated heterocycles. The molecule has 0 aliphatic heterocycles. The number of rotatable bonds is 5. The van der Waals surface area contributed by atoms with E-state index in [9.17, 15) is 22.0 Å². The van der Waals surface area contributed by atoms with Crippen LogP contribution in [-0.2, 0) is 10.1 Å². The second kappa shape index (κ2) is 7.95. The number of hydrogen-bond donors (Lipinski definition) is 1. The van der Waals surface area contributed by atoms with Crippen LogP contribution in [0.1, 0.15) is 97.5 Å². The fourth-order valence-electron chi connectivity index (χ4n) is 4.50. The van der Waals surface area contributed by atoms with Gasteiger partial charge in [0.2, 0.25) is 0 Å². The van der Waals surface area contributed by atoms with E-state index in [2.05, 4.69) is 0 Å². The van der Waals surface area contributed by atoms with Gasteiger partial charge in [0.15, 0.2) is 0 Å². The molecule has 0 amide bonds. The molecule has 0 atom stereocenters. The van der Waals surface area contributed by atoms with Crippen molar-refractivity contribution >= 4 is 15.9 Å². The van der Waals surface area contributed by atoms with Crippen LogP contribution in [-0.4, -0.2) is 24.0 Å². The van der Waals surface area contributed by atoms with Gasteiger partial charge in [-0.15, -0.1) is 0 Å². The lowest BCUT2D eigenvalue weighted by atomic mass is 9.78. The molecule has 7 heteroatoms. The Bertz CT molecular complexity index is 792. The van der Waals surface area contributed by atoms with Crippen molar-refractivity contribution in [2.24, 2.45) is 0 Å². The minimum absolute atomic E-state index is 0.0292. The lowest BCUT2D eigenvalue weighted by Gasteiger charge is -2.28. The van der Waals surface area contributed by atoms with Crippen LogP contribution in [0.5, 0.6) is 0 Å². The molecule has 2 saturated carbocycles. The quantitative estimate of drug-likeness (QED) is 0.527. The first kappa shape index (κ1) is 20.4. The van der Waals surface area contributed by atoms with Gasteiger partial charge in [0.05, 0.1) is 0 Å². The van der Waals surface area contributed by atoms with E-state index in [1.807, 2.05) is 6.07 Å². The first-order valence-electron chi connectivity index (χ1n) is 9.75. The number of ketones is 1. The number of halogens is 2. The van der Waals surface area contributed by atoms with Gasteiger partial charge in [0, 0.05) is 5.56 Å². The Morgan fingerprint density at radius 1 is 0.926 bits per heavy atom. The van der Waals surface area contributed by atoms with E-state index in [4.69, 9.17) is 4.55 Å². The van der Waals surface area contributed by atoms with Gasteiger partial charge in [-0.2, -0.15) is 17.2 Å². The van der Waals surface area contributed by atoms with Crippen molar-refractivity contribution in [2.75, 3.05) is 0 Å². The molecular weight excluding hydrogens is 374 g/mol. The van der Waals surface area contributed by atoms with Gasteiger partial charge in [-0.1, -0.05) is 56.7 Å². The Morgan fingerprint density at radius 2 is 1.44 bits per heavy atom. The van der Waals surface area contributed by atoms with Gasteiger partial charge in [-0.3, -0.25) is 9.35 Å². The minimum atomic E-state index is -5.81. The average molecular weight is 400 g/mol. The van der Waals surface area contributed by atoms with E-state index >= 15 is 0 Å². The molecule has 0 radical (unpaired) electrons. The number of carbonyl (C=O) groups excluding carboxylic acids is 1. The summed E-state index contributed by atoms with van der Waals surface area (Å²) < 4.78 is 59.0. The van der Waals surface area contributed by atoms with Gasteiger partial charge in [-0.05, 0) is 48.6 Å². The number of benzene rings is 1. The topological polar surface area (TPSA) is 71.4 Å². The molecule has 2 aliphatic rings. The number of hydrogen-bond acceptors (Lipinski definition) is 3. The zero-order valence-corrected chi connectivity index (χ0v) is 16.1. The van der Waals surface area contributed by atoms with Crippen LogP contribution < -0.4 is 0 Å². The van der Waals surface area contributed by atoms with Crippen molar-refractivity contribution < 1.29 is 26.5 Å². The SMILES string of the molecule is O=C(c1ccc(C2CCCCC2)cc1C1CCCCC1)C(F)(F)S(=O)(=O)O. The number of alkyl halides is 2. The van der Waals surface area contributed by atoms with Crippen molar-refractivity contribution in [3.8, 4) is 0 Å². The van der Waals surface area contributed by atoms with Crippen LogP contribution in [0.2, 0.25) is 0 Å². The van der Waals surface area contributed by atoms with E-state index < -0.39 is 21.2 Å². The zero-order valence-electron chi connectivity index (χ0n) is 15.3. The van der Waals surface area contributed by atoms with Crippen LogP contribution in [0.3, 0.4) is 0 Å². The van der Waals surface area contributed by atoms with Crippen molar-refractivity contribution in [3.63, 3.8) is 0 Å². The Morgan fingerprint density at radius 3 is 1.96 bits per heavy atom. The average Bonchev–Trinajstić information content (AvgIpc) is 2.67. The summed E-state index contributed by atoms with van der Waals surface area (Å²) in [6, 6.07) is 4.87. The first-order valence-corrected chi connectivity index (χ1v) is 11.2. The Balaban J connectivity index is 2.02. The van der Waals surface area contributed by atoms with Crippen molar-refractivity contribution in [2.45, 2.75) is 81.3 Å². The van der Waals surface area contributed by atoms with Crippen molar-refractivity contribution in [3.05, 3.63) is 34.9 Å². The second-order valence-electron chi connectivity index (χ2n) is 7.84. The van der Waals surface area contributed by atoms with E-state index in [1.54, 1.807) is 6.07 Å². The fraction of sp³-hybridized carbons (Fsp3) is 0.650. The first-order chi connectivity index (χ1) is 12.7. The van der Waals surface area contributed by atoms with Crippen molar-refractivity contribution in [1.82, 2.24) is 0 Å². The molecule has 0 spiro atoms. The standard InChI is InChI=1S/C20H26F2O4S/c21-20(22,27(24,25)26)19(23)17-12-11-16(14-7-3-1-4-8-14)13-18(17)15-9-5-2-6-10-15/h11-15H,1-10H2,(H,24,25,26). The molecule has 2 aliphatic carbocycles. The van der Waals surface area contributed by atoms with Gasteiger partial charge in [0.25, 0.3) is 5.78 Å². The molecule has 0 unspecified atom stereocenters. The van der Waals surface area contributed by atoms with Gasteiger partial charge in [-0.25, -0.2) is 0 Å². The van der Waals surface area contributed by atoms with E-state index in [1.165, 1.54) is 12.5 Å². The molecule has 0 bridgehead atoms.